The average molecular weight is 907 g/mol. The van der Waals surface area contributed by atoms with Crippen LogP contribution in [0.15, 0.2) is 267 Å². The average Bonchev–Trinajstić information content (AvgIpc) is 4.09. The molecule has 15 rings (SSSR count). The molecule has 71 heavy (non-hydrogen) atoms. The van der Waals surface area contributed by atoms with Gasteiger partial charge in [0.15, 0.2) is 0 Å². The summed E-state index contributed by atoms with van der Waals surface area (Å²) >= 11 is 0. The standard InChI is InChI=1S/C67H46N4/c1-3-19-45(20-4-1)67(46-21-5-2-6-22-46)57-43-49(70-61-31-15-9-25-53(61)54-26-10-16-32-62(54)70)39-41-65(57)69(48-37-35-47(36-38-48)68-59-29-13-7-23-51(59)52-24-8-14-30-60(52)68)66-42-40-50(44-58(66)67)71-63-33-17-11-27-55(63)56-28-12-18-34-64(56)71/h1-44,53,61H. The molecular formula is C67H46N4. The van der Waals surface area contributed by atoms with Crippen LogP contribution in [-0.4, -0.2) is 15.2 Å². The van der Waals surface area contributed by atoms with Crippen molar-refractivity contribution in [3.05, 3.63) is 295 Å². The predicted molar refractivity (Wildman–Crippen MR) is 295 cm³/mol. The summed E-state index contributed by atoms with van der Waals surface area (Å²) in [6.45, 7) is 0. The molecule has 0 amide bonds. The fraction of sp³-hybridized carbons (Fsp3) is 0.0448. The number of hydrogen-bond acceptors (Lipinski definition) is 2. The Balaban J connectivity index is 1.03. The molecule has 0 N–H and O–H groups in total. The van der Waals surface area contributed by atoms with E-state index in [1.807, 2.05) is 0 Å². The van der Waals surface area contributed by atoms with Crippen molar-refractivity contribution < 1.29 is 0 Å². The summed E-state index contributed by atoms with van der Waals surface area (Å²) < 4.78 is 4.87. The fourth-order valence-corrected chi connectivity index (χ4v) is 12.8. The topological polar surface area (TPSA) is 16.3 Å². The second-order valence-corrected chi connectivity index (χ2v) is 19.2. The fourth-order valence-electron chi connectivity index (χ4n) is 12.8. The van der Waals surface area contributed by atoms with E-state index in [9.17, 15) is 0 Å². The lowest BCUT2D eigenvalue weighted by atomic mass is 9.62. The maximum atomic E-state index is 2.58. The number of fused-ring (bicyclic) bond motifs is 11. The summed E-state index contributed by atoms with van der Waals surface area (Å²) in [5, 5.41) is 5.00. The SMILES string of the molecule is C1=CC2c3ccccc3N(c3ccc4c(c3)C(c3ccccc3)(c3ccccc3)c3cc(-n5c6ccccc6c6ccccc65)ccc3N4c3ccc(-n4c5ccccc5c5ccccc54)cc3)C2C=C1. The number of benzene rings is 10. The monoisotopic (exact) mass is 906 g/mol. The number of nitrogens with zero attached hydrogens (tertiary/aromatic N) is 4. The molecule has 1 aliphatic carbocycles. The molecule has 2 atom stereocenters. The third kappa shape index (κ3) is 5.67. The minimum Gasteiger partial charge on any atom is -0.333 e. The van der Waals surface area contributed by atoms with Gasteiger partial charge in [0.2, 0.25) is 0 Å². The van der Waals surface area contributed by atoms with Crippen molar-refractivity contribution in [3.8, 4) is 11.4 Å². The first-order valence-corrected chi connectivity index (χ1v) is 24.8. The summed E-state index contributed by atoms with van der Waals surface area (Å²) in [7, 11) is 0. The zero-order chi connectivity index (χ0) is 46.6. The molecule has 0 saturated carbocycles. The normalized spacial score (nSPS) is 16.4. The summed E-state index contributed by atoms with van der Waals surface area (Å²) in [6.07, 6.45) is 9.18. The highest BCUT2D eigenvalue weighted by molar-refractivity contribution is 6.10. The van der Waals surface area contributed by atoms with E-state index in [2.05, 4.69) is 286 Å². The maximum absolute atomic E-state index is 2.58. The molecule has 0 fully saturated rings. The molecule has 334 valence electrons. The molecule has 4 nitrogen and oxygen atoms in total. The van der Waals surface area contributed by atoms with E-state index in [0.717, 1.165) is 28.4 Å². The highest BCUT2D eigenvalue weighted by atomic mass is 15.2. The Kier molecular flexibility index (Phi) is 8.67. The number of aromatic nitrogens is 2. The molecule has 4 heterocycles. The summed E-state index contributed by atoms with van der Waals surface area (Å²) in [5.41, 5.74) is 18.3. The summed E-state index contributed by atoms with van der Waals surface area (Å²) in [5.74, 6) is 0.263. The molecule has 2 aromatic heterocycles. The number of anilines is 5. The summed E-state index contributed by atoms with van der Waals surface area (Å²) in [4.78, 5) is 5.10. The second kappa shape index (κ2) is 15.4. The minimum absolute atomic E-state index is 0.153. The van der Waals surface area contributed by atoms with Gasteiger partial charge in [0, 0.05) is 55.9 Å². The third-order valence-electron chi connectivity index (χ3n) is 15.7. The van der Waals surface area contributed by atoms with Crippen LogP contribution in [0, 0.1) is 0 Å². The van der Waals surface area contributed by atoms with E-state index in [1.54, 1.807) is 0 Å². The summed E-state index contributed by atoms with van der Waals surface area (Å²) in [6, 6.07) is 90.5. The third-order valence-corrected chi connectivity index (χ3v) is 15.7. The Bertz CT molecular complexity index is 3990. The van der Waals surface area contributed by atoms with Crippen molar-refractivity contribution in [3.63, 3.8) is 0 Å². The van der Waals surface area contributed by atoms with Crippen molar-refractivity contribution in [2.75, 3.05) is 9.80 Å². The largest absolute Gasteiger partial charge is 0.333 e. The van der Waals surface area contributed by atoms with E-state index in [-0.39, 0.29) is 12.0 Å². The van der Waals surface area contributed by atoms with Gasteiger partial charge in [-0.25, -0.2) is 0 Å². The van der Waals surface area contributed by atoms with Crippen LogP contribution in [0.4, 0.5) is 28.4 Å². The van der Waals surface area contributed by atoms with Crippen LogP contribution in [-0.2, 0) is 5.41 Å². The highest BCUT2D eigenvalue weighted by Crippen LogP contribution is 2.60. The Hall–Kier alpha value is -9.12. The number of hydrogen-bond donors (Lipinski definition) is 0. The van der Waals surface area contributed by atoms with Gasteiger partial charge >= 0.3 is 0 Å². The lowest BCUT2D eigenvalue weighted by Gasteiger charge is -2.47. The van der Waals surface area contributed by atoms with Crippen LogP contribution >= 0.6 is 0 Å². The van der Waals surface area contributed by atoms with E-state index < -0.39 is 5.41 Å². The van der Waals surface area contributed by atoms with Crippen LogP contribution < -0.4 is 9.80 Å². The van der Waals surface area contributed by atoms with E-state index >= 15 is 0 Å². The van der Waals surface area contributed by atoms with Gasteiger partial charge in [-0.1, -0.05) is 176 Å². The number of rotatable bonds is 6. The van der Waals surface area contributed by atoms with Crippen molar-refractivity contribution >= 4 is 72.0 Å². The van der Waals surface area contributed by atoms with Crippen molar-refractivity contribution in [1.82, 2.24) is 9.13 Å². The van der Waals surface area contributed by atoms with Gasteiger partial charge < -0.3 is 18.9 Å². The van der Waals surface area contributed by atoms with Gasteiger partial charge in [0.25, 0.3) is 0 Å². The molecule has 0 bridgehead atoms. The first kappa shape index (κ1) is 39.8. The maximum Gasteiger partial charge on any atom is 0.0743 e. The van der Waals surface area contributed by atoms with Crippen LogP contribution in [0.5, 0.6) is 0 Å². The predicted octanol–water partition coefficient (Wildman–Crippen LogP) is 16.8. The lowest BCUT2D eigenvalue weighted by Crippen LogP contribution is -2.38. The van der Waals surface area contributed by atoms with Gasteiger partial charge in [0.1, 0.15) is 0 Å². The second-order valence-electron chi connectivity index (χ2n) is 19.2. The van der Waals surface area contributed by atoms with Crippen LogP contribution in [0.3, 0.4) is 0 Å². The van der Waals surface area contributed by atoms with E-state index in [0.29, 0.717) is 0 Å². The zero-order valence-corrected chi connectivity index (χ0v) is 38.8. The van der Waals surface area contributed by atoms with Crippen LogP contribution in [0.25, 0.3) is 55.0 Å². The molecule has 2 aliphatic heterocycles. The highest BCUT2D eigenvalue weighted by Gasteiger charge is 2.48. The smallest absolute Gasteiger partial charge is 0.0743 e. The van der Waals surface area contributed by atoms with Gasteiger partial charge in [-0.3, -0.25) is 0 Å². The van der Waals surface area contributed by atoms with E-state index in [4.69, 9.17) is 0 Å². The van der Waals surface area contributed by atoms with Gasteiger partial charge in [-0.2, -0.15) is 0 Å². The Morgan fingerprint density at radius 3 is 1.31 bits per heavy atom. The van der Waals surface area contributed by atoms with Crippen molar-refractivity contribution in [2.24, 2.45) is 0 Å². The molecule has 10 aromatic carbocycles. The molecule has 0 saturated heterocycles. The molecule has 12 aromatic rings. The molecule has 3 aliphatic rings. The Morgan fingerprint density at radius 1 is 0.324 bits per heavy atom. The Morgan fingerprint density at radius 2 is 0.746 bits per heavy atom. The minimum atomic E-state index is -0.738. The Labute approximate surface area is 412 Å². The van der Waals surface area contributed by atoms with Crippen LogP contribution in [0.2, 0.25) is 0 Å². The molecule has 0 spiro atoms. The number of allylic oxidation sites excluding steroid dienone is 2. The first-order valence-electron chi connectivity index (χ1n) is 24.8. The number of para-hydroxylation sites is 5. The van der Waals surface area contributed by atoms with E-state index in [1.165, 1.54) is 82.8 Å². The first-order chi connectivity index (χ1) is 35.3. The molecule has 0 radical (unpaired) electrons. The zero-order valence-electron chi connectivity index (χ0n) is 38.8. The molecule has 4 heteroatoms. The van der Waals surface area contributed by atoms with Gasteiger partial charge in [-0.05, 0) is 119 Å². The van der Waals surface area contributed by atoms with Crippen molar-refractivity contribution in [2.45, 2.75) is 17.4 Å². The quantitative estimate of drug-likeness (QED) is 0.165. The van der Waals surface area contributed by atoms with Gasteiger partial charge in [0.05, 0.1) is 44.9 Å². The lowest BCUT2D eigenvalue weighted by molar-refractivity contribution is 0.723. The molecular weight excluding hydrogens is 861 g/mol. The molecule has 2 unspecified atom stereocenters. The van der Waals surface area contributed by atoms with Crippen LogP contribution in [0.1, 0.15) is 33.7 Å². The van der Waals surface area contributed by atoms with Crippen molar-refractivity contribution in [1.29, 1.82) is 0 Å². The van der Waals surface area contributed by atoms with Gasteiger partial charge in [-0.15, -0.1) is 0 Å².